The van der Waals surface area contributed by atoms with Crippen LogP contribution in [0.3, 0.4) is 0 Å². The van der Waals surface area contributed by atoms with Crippen LogP contribution in [-0.4, -0.2) is 17.1 Å². The van der Waals surface area contributed by atoms with Crippen molar-refractivity contribution in [2.24, 2.45) is 5.92 Å². The fourth-order valence-corrected chi connectivity index (χ4v) is 3.29. The molecule has 3 heteroatoms. The maximum Gasteiger partial charge on any atom is 0.326 e. The number of nitrogens with one attached hydrogen (secondary N) is 1. The zero-order valence-electron chi connectivity index (χ0n) is 10.6. The number of allylic oxidation sites excluding steroid dienone is 2. The maximum absolute atomic E-state index is 11.4. The Morgan fingerprint density at radius 2 is 2.06 bits per heavy atom. The van der Waals surface area contributed by atoms with Crippen LogP contribution in [0, 0.1) is 19.8 Å². The Balaban J connectivity index is 2.17. The number of hydrogen-bond donors (Lipinski definition) is 2. The van der Waals surface area contributed by atoms with Crippen molar-refractivity contribution in [3.63, 3.8) is 0 Å². The molecule has 2 aliphatic rings. The number of rotatable bonds is 1. The van der Waals surface area contributed by atoms with Crippen molar-refractivity contribution in [1.29, 1.82) is 0 Å². The molecule has 1 heterocycles. The third-order valence-electron chi connectivity index (χ3n) is 4.21. The van der Waals surface area contributed by atoms with E-state index in [0.717, 1.165) is 17.7 Å². The van der Waals surface area contributed by atoms with Crippen LogP contribution in [0.1, 0.15) is 29.0 Å². The second kappa shape index (κ2) is 3.87. The van der Waals surface area contributed by atoms with E-state index in [1.54, 1.807) is 0 Å². The average molecular weight is 243 g/mol. The summed E-state index contributed by atoms with van der Waals surface area (Å²) in [6.07, 6.45) is 5.14. The van der Waals surface area contributed by atoms with Gasteiger partial charge in [0.2, 0.25) is 0 Å². The first kappa shape index (κ1) is 11.3. The number of benzene rings is 1. The highest BCUT2D eigenvalue weighted by molar-refractivity contribution is 5.81. The Hall–Kier alpha value is -1.77. The van der Waals surface area contributed by atoms with Crippen LogP contribution in [0.15, 0.2) is 24.3 Å². The number of anilines is 1. The fraction of sp³-hybridized carbons (Fsp3) is 0.400. The van der Waals surface area contributed by atoms with Crippen LogP contribution in [0.5, 0.6) is 0 Å². The zero-order valence-corrected chi connectivity index (χ0v) is 10.6. The number of carbonyl (C=O) groups is 1. The van der Waals surface area contributed by atoms with Crippen molar-refractivity contribution in [2.45, 2.75) is 32.2 Å². The minimum Gasteiger partial charge on any atom is -0.480 e. The molecule has 0 fully saturated rings. The first-order valence-electron chi connectivity index (χ1n) is 6.35. The second-order valence-corrected chi connectivity index (χ2v) is 5.30. The van der Waals surface area contributed by atoms with Gasteiger partial charge in [0.15, 0.2) is 0 Å². The number of hydrogen-bond acceptors (Lipinski definition) is 2. The van der Waals surface area contributed by atoms with Crippen molar-refractivity contribution in [1.82, 2.24) is 0 Å². The zero-order chi connectivity index (χ0) is 12.9. The number of carboxylic acids is 1. The van der Waals surface area contributed by atoms with E-state index in [-0.39, 0.29) is 11.8 Å². The van der Waals surface area contributed by atoms with Gasteiger partial charge in [-0.15, -0.1) is 0 Å². The molecule has 0 amide bonds. The summed E-state index contributed by atoms with van der Waals surface area (Å²) in [4.78, 5) is 11.4. The van der Waals surface area contributed by atoms with Crippen molar-refractivity contribution < 1.29 is 9.90 Å². The summed E-state index contributed by atoms with van der Waals surface area (Å²) in [6.45, 7) is 4.13. The normalized spacial score (nSPS) is 28.4. The van der Waals surface area contributed by atoms with Gasteiger partial charge in [0.1, 0.15) is 6.04 Å². The Morgan fingerprint density at radius 1 is 1.33 bits per heavy atom. The first-order valence-corrected chi connectivity index (χ1v) is 6.35. The summed E-state index contributed by atoms with van der Waals surface area (Å²) in [6, 6.07) is 3.71. The quantitative estimate of drug-likeness (QED) is 0.746. The highest BCUT2D eigenvalue weighted by Gasteiger charge is 2.41. The van der Waals surface area contributed by atoms with E-state index in [0.29, 0.717) is 0 Å². The lowest BCUT2D eigenvalue weighted by atomic mass is 9.77. The Labute approximate surface area is 107 Å². The molecule has 3 atom stereocenters. The highest BCUT2D eigenvalue weighted by atomic mass is 16.4. The van der Waals surface area contributed by atoms with E-state index in [4.69, 9.17) is 0 Å². The van der Waals surface area contributed by atoms with Crippen molar-refractivity contribution in [3.8, 4) is 0 Å². The maximum atomic E-state index is 11.4. The van der Waals surface area contributed by atoms with E-state index in [2.05, 4.69) is 36.5 Å². The second-order valence-electron chi connectivity index (χ2n) is 5.30. The molecule has 0 unspecified atom stereocenters. The molecule has 0 saturated heterocycles. The molecular formula is C15H17NO2. The van der Waals surface area contributed by atoms with Crippen LogP contribution in [0.2, 0.25) is 0 Å². The number of carboxylic acid groups (broad SMARTS) is 1. The average Bonchev–Trinajstić information content (AvgIpc) is 2.81. The summed E-state index contributed by atoms with van der Waals surface area (Å²) in [5.74, 6) is -0.349. The van der Waals surface area contributed by atoms with E-state index in [1.807, 2.05) is 6.92 Å². The van der Waals surface area contributed by atoms with Gasteiger partial charge in [-0.05, 0) is 37.0 Å². The van der Waals surface area contributed by atoms with E-state index >= 15 is 0 Å². The van der Waals surface area contributed by atoms with Crippen LogP contribution in [0.4, 0.5) is 5.69 Å². The molecular weight excluding hydrogens is 226 g/mol. The van der Waals surface area contributed by atoms with Crippen LogP contribution < -0.4 is 5.32 Å². The molecule has 18 heavy (non-hydrogen) atoms. The standard InChI is InChI=1S/C15H17NO2/c1-8-6-7-9(2)13-12(8)10-4-3-5-11(10)14(16-13)15(17)18/h3-4,6-7,10-11,14,16H,5H2,1-2H3,(H,17,18)/t10-,11+,14-/m1/s1. The molecule has 3 nitrogen and oxygen atoms in total. The van der Waals surface area contributed by atoms with Crippen LogP contribution >= 0.6 is 0 Å². The van der Waals surface area contributed by atoms with Crippen LogP contribution in [0.25, 0.3) is 0 Å². The lowest BCUT2D eigenvalue weighted by Gasteiger charge is -2.36. The lowest BCUT2D eigenvalue weighted by molar-refractivity contribution is -0.139. The minimum absolute atomic E-state index is 0.149. The first-order chi connectivity index (χ1) is 8.59. The summed E-state index contributed by atoms with van der Waals surface area (Å²) >= 11 is 0. The predicted molar refractivity (Wildman–Crippen MR) is 71.0 cm³/mol. The molecule has 0 spiro atoms. The molecule has 1 aliphatic heterocycles. The van der Waals surface area contributed by atoms with Gasteiger partial charge in [-0.2, -0.15) is 0 Å². The van der Waals surface area contributed by atoms with Gasteiger partial charge in [0.05, 0.1) is 0 Å². The Kier molecular flexibility index (Phi) is 2.44. The summed E-state index contributed by atoms with van der Waals surface area (Å²) in [7, 11) is 0. The lowest BCUT2D eigenvalue weighted by Crippen LogP contribution is -2.42. The van der Waals surface area contributed by atoms with E-state index in [1.165, 1.54) is 11.1 Å². The van der Waals surface area contributed by atoms with Gasteiger partial charge >= 0.3 is 5.97 Å². The number of aryl methyl sites for hydroxylation is 2. The summed E-state index contributed by atoms with van der Waals surface area (Å²) in [5, 5.41) is 12.6. The monoisotopic (exact) mass is 243 g/mol. The summed E-state index contributed by atoms with van der Waals surface area (Å²) < 4.78 is 0. The molecule has 2 N–H and O–H groups in total. The Morgan fingerprint density at radius 3 is 2.78 bits per heavy atom. The van der Waals surface area contributed by atoms with Gasteiger partial charge in [0.25, 0.3) is 0 Å². The van der Waals surface area contributed by atoms with E-state index < -0.39 is 12.0 Å². The van der Waals surface area contributed by atoms with Gasteiger partial charge in [-0.3, -0.25) is 0 Å². The number of fused-ring (bicyclic) bond motifs is 3. The minimum atomic E-state index is -0.750. The predicted octanol–water partition coefficient (Wildman–Crippen LogP) is 2.84. The summed E-state index contributed by atoms with van der Waals surface area (Å²) in [5.41, 5.74) is 4.68. The van der Waals surface area contributed by atoms with Crippen molar-refractivity contribution in [2.75, 3.05) is 5.32 Å². The highest BCUT2D eigenvalue weighted by Crippen LogP contribution is 2.46. The third kappa shape index (κ3) is 1.47. The van der Waals surface area contributed by atoms with Gasteiger partial charge in [-0.1, -0.05) is 24.3 Å². The van der Waals surface area contributed by atoms with Gasteiger partial charge in [-0.25, -0.2) is 4.79 Å². The van der Waals surface area contributed by atoms with Gasteiger partial charge < -0.3 is 10.4 Å². The molecule has 0 saturated carbocycles. The van der Waals surface area contributed by atoms with Crippen molar-refractivity contribution >= 4 is 11.7 Å². The largest absolute Gasteiger partial charge is 0.480 e. The molecule has 0 bridgehead atoms. The topological polar surface area (TPSA) is 49.3 Å². The van der Waals surface area contributed by atoms with Gasteiger partial charge in [0, 0.05) is 17.5 Å². The SMILES string of the molecule is Cc1ccc(C)c2c1N[C@@H](C(=O)O)[C@H]1CC=C[C@@H]21. The smallest absolute Gasteiger partial charge is 0.326 e. The molecule has 0 radical (unpaired) electrons. The molecule has 1 aliphatic carbocycles. The molecule has 1 aromatic rings. The molecule has 1 aromatic carbocycles. The molecule has 94 valence electrons. The fourth-order valence-electron chi connectivity index (χ4n) is 3.29. The Bertz CT molecular complexity index is 548. The number of aliphatic carboxylic acids is 1. The van der Waals surface area contributed by atoms with E-state index in [9.17, 15) is 9.90 Å². The van der Waals surface area contributed by atoms with Crippen molar-refractivity contribution in [3.05, 3.63) is 41.0 Å². The molecule has 3 rings (SSSR count). The third-order valence-corrected chi connectivity index (χ3v) is 4.21. The van der Waals surface area contributed by atoms with Crippen LogP contribution in [-0.2, 0) is 4.79 Å². The molecule has 0 aromatic heterocycles.